The van der Waals surface area contributed by atoms with E-state index < -0.39 is 0 Å². The van der Waals surface area contributed by atoms with Crippen LogP contribution in [0.2, 0.25) is 0 Å². The van der Waals surface area contributed by atoms with E-state index >= 15 is 0 Å². The summed E-state index contributed by atoms with van der Waals surface area (Å²) in [6.45, 7) is 8.00. The third kappa shape index (κ3) is 5.78. The molecule has 0 aliphatic rings. The summed E-state index contributed by atoms with van der Waals surface area (Å²) < 4.78 is 3.86. The van der Waals surface area contributed by atoms with Crippen LogP contribution in [0.4, 0.5) is 0 Å². The van der Waals surface area contributed by atoms with E-state index in [0.717, 1.165) is 63.0 Å². The van der Waals surface area contributed by atoms with Gasteiger partial charge in [-0.25, -0.2) is 0 Å². The van der Waals surface area contributed by atoms with Crippen LogP contribution < -0.4 is 10.9 Å². The summed E-state index contributed by atoms with van der Waals surface area (Å²) in [6.07, 6.45) is 0. The Morgan fingerprint density at radius 2 is 0.587 bits per heavy atom. The van der Waals surface area contributed by atoms with Crippen molar-refractivity contribution in [1.29, 1.82) is 0 Å². The number of rotatable bonds is 3. The van der Waals surface area contributed by atoms with E-state index in [9.17, 15) is 9.59 Å². The Balaban J connectivity index is 0.000000896. The first-order valence-corrected chi connectivity index (χ1v) is 17.4. The number of benzene rings is 6. The Labute approximate surface area is 276 Å². The molecule has 0 bridgehead atoms. The van der Waals surface area contributed by atoms with Gasteiger partial charge in [0.05, 0.1) is 0 Å². The van der Waals surface area contributed by atoms with Crippen LogP contribution in [0, 0.1) is 0 Å². The highest BCUT2D eigenvalue weighted by Gasteiger charge is 2.12. The van der Waals surface area contributed by atoms with Crippen molar-refractivity contribution in [1.82, 2.24) is 0 Å². The summed E-state index contributed by atoms with van der Waals surface area (Å²) in [4.78, 5) is 27.6. The summed E-state index contributed by atoms with van der Waals surface area (Å²) in [6, 6.07) is 44.6. The van der Waals surface area contributed by atoms with E-state index in [0.29, 0.717) is 10.8 Å². The smallest absolute Gasteiger partial charge is 0.195 e. The Morgan fingerprint density at radius 3 is 0.870 bits per heavy atom. The van der Waals surface area contributed by atoms with Crippen LogP contribution in [0.3, 0.4) is 0 Å². The van der Waals surface area contributed by atoms with Gasteiger partial charge < -0.3 is 0 Å². The highest BCUT2D eigenvalue weighted by molar-refractivity contribution is 7.25. The Morgan fingerprint density at radius 1 is 0.326 bits per heavy atom. The molecule has 0 saturated heterocycles. The lowest BCUT2D eigenvalue weighted by Crippen LogP contribution is -2.02. The highest BCUT2D eigenvalue weighted by atomic mass is 32.1. The molecule has 46 heavy (non-hydrogen) atoms. The Kier molecular flexibility index (Phi) is 9.20. The average molecular weight is 635 g/mol. The second kappa shape index (κ2) is 13.6. The van der Waals surface area contributed by atoms with Gasteiger partial charge in [-0.3, -0.25) is 9.59 Å². The zero-order valence-corrected chi connectivity index (χ0v) is 28.0. The van der Waals surface area contributed by atoms with Crippen molar-refractivity contribution in [3.63, 3.8) is 0 Å². The maximum Gasteiger partial charge on any atom is 0.195 e. The fourth-order valence-electron chi connectivity index (χ4n) is 5.69. The molecule has 0 unspecified atom stereocenters. The van der Waals surface area contributed by atoms with Crippen LogP contribution in [-0.4, -0.2) is 0 Å². The molecule has 0 aliphatic carbocycles. The molecule has 2 nitrogen and oxygen atoms in total. The summed E-state index contributed by atoms with van der Waals surface area (Å²) in [7, 11) is 0. The molecule has 8 rings (SSSR count). The summed E-state index contributed by atoms with van der Waals surface area (Å²) >= 11 is 3.26. The second-order valence-corrected chi connectivity index (χ2v) is 12.6. The lowest BCUT2D eigenvalue weighted by Gasteiger charge is -2.09. The van der Waals surface area contributed by atoms with Gasteiger partial charge in [-0.05, 0) is 81.9 Å². The highest BCUT2D eigenvalue weighted by Crippen LogP contribution is 2.34. The largest absolute Gasteiger partial charge is 0.289 e. The topological polar surface area (TPSA) is 34.1 Å². The quantitative estimate of drug-likeness (QED) is 0.181. The van der Waals surface area contributed by atoms with Crippen molar-refractivity contribution < 1.29 is 0 Å². The molecule has 0 amide bonds. The SMILES string of the molecule is CC.CC.O=c1c2cc(-c3ccccc3)ccc2sc2ccc(-c3ccc4sc5ccc(-c6ccccc6)cc5c(=O)c4c3)cc12. The fourth-order valence-corrected chi connectivity index (χ4v) is 7.76. The van der Waals surface area contributed by atoms with Crippen LogP contribution in [0.15, 0.2) is 143 Å². The molecule has 2 aromatic heterocycles. The van der Waals surface area contributed by atoms with Gasteiger partial charge in [0.2, 0.25) is 0 Å². The van der Waals surface area contributed by atoms with E-state index in [4.69, 9.17) is 0 Å². The first-order chi connectivity index (χ1) is 22.6. The standard InChI is InChI=1S/C38H22O2S2.2C2H6/c39-37-29-19-25(23-7-3-1-4-8-23)11-15-33(29)41-35-17-13-27(21-31(35)37)28-14-18-36-32(22-28)38(40)30-20-26(12-16-34(30)42-36)24-9-5-2-6-10-24;2*1-2/h1-22H;2*1-2H3. The third-order valence-corrected chi connectivity index (χ3v) is 10.2. The van der Waals surface area contributed by atoms with E-state index in [1.54, 1.807) is 22.7 Å². The molecule has 0 atom stereocenters. The van der Waals surface area contributed by atoms with Gasteiger partial charge >= 0.3 is 0 Å². The predicted molar refractivity (Wildman–Crippen MR) is 204 cm³/mol. The minimum Gasteiger partial charge on any atom is -0.289 e. The van der Waals surface area contributed by atoms with Crippen molar-refractivity contribution in [3.8, 4) is 33.4 Å². The fraction of sp³-hybridized carbons (Fsp3) is 0.0952. The zero-order chi connectivity index (χ0) is 32.2. The van der Waals surface area contributed by atoms with Gasteiger partial charge in [-0.15, -0.1) is 22.7 Å². The first kappa shape index (κ1) is 31.1. The zero-order valence-electron chi connectivity index (χ0n) is 26.3. The third-order valence-electron chi connectivity index (χ3n) is 7.88. The van der Waals surface area contributed by atoms with Gasteiger partial charge in [-0.1, -0.05) is 113 Å². The minimum absolute atomic E-state index is 0.0327. The van der Waals surface area contributed by atoms with Crippen LogP contribution in [0.1, 0.15) is 27.7 Å². The summed E-state index contributed by atoms with van der Waals surface area (Å²) in [5.74, 6) is 0. The monoisotopic (exact) mass is 634 g/mol. The van der Waals surface area contributed by atoms with Crippen LogP contribution in [0.25, 0.3) is 73.7 Å². The molecular weight excluding hydrogens is 601 g/mol. The van der Waals surface area contributed by atoms with Gasteiger partial charge in [0.1, 0.15) is 0 Å². The molecule has 8 aromatic rings. The van der Waals surface area contributed by atoms with Crippen molar-refractivity contribution in [2.45, 2.75) is 27.7 Å². The van der Waals surface area contributed by atoms with E-state index in [2.05, 4.69) is 36.4 Å². The molecule has 0 radical (unpaired) electrons. The number of fused-ring (bicyclic) bond motifs is 4. The van der Waals surface area contributed by atoms with Crippen molar-refractivity contribution >= 4 is 63.0 Å². The lowest BCUT2D eigenvalue weighted by molar-refractivity contribution is 1.50. The van der Waals surface area contributed by atoms with Crippen LogP contribution >= 0.6 is 22.7 Å². The molecule has 0 fully saturated rings. The van der Waals surface area contributed by atoms with Gasteiger partial charge in [0, 0.05) is 40.3 Å². The molecule has 6 aromatic carbocycles. The van der Waals surface area contributed by atoms with Gasteiger partial charge in [0.25, 0.3) is 0 Å². The molecule has 2 heterocycles. The molecule has 4 heteroatoms. The van der Waals surface area contributed by atoms with Crippen molar-refractivity contribution in [3.05, 3.63) is 154 Å². The first-order valence-electron chi connectivity index (χ1n) is 15.7. The maximum atomic E-state index is 13.8. The average Bonchev–Trinajstić information content (AvgIpc) is 3.14. The normalized spacial score (nSPS) is 10.8. The van der Waals surface area contributed by atoms with Crippen molar-refractivity contribution in [2.75, 3.05) is 0 Å². The Hall–Kier alpha value is -4.90. The predicted octanol–water partition coefficient (Wildman–Crippen LogP) is 12.2. The maximum absolute atomic E-state index is 13.8. The molecule has 0 aliphatic heterocycles. The molecule has 0 spiro atoms. The van der Waals surface area contributed by atoms with E-state index in [1.165, 1.54) is 0 Å². The van der Waals surface area contributed by atoms with Gasteiger partial charge in [-0.2, -0.15) is 0 Å². The molecular formula is C42H34O2S2. The number of hydrogen-bond donors (Lipinski definition) is 0. The lowest BCUT2D eigenvalue weighted by atomic mass is 10.0. The van der Waals surface area contributed by atoms with Crippen LogP contribution in [0.5, 0.6) is 0 Å². The summed E-state index contributed by atoms with van der Waals surface area (Å²) in [5, 5.41) is 2.86. The van der Waals surface area contributed by atoms with Crippen molar-refractivity contribution in [2.24, 2.45) is 0 Å². The van der Waals surface area contributed by atoms with E-state index in [1.807, 2.05) is 125 Å². The second-order valence-electron chi connectivity index (χ2n) is 10.4. The minimum atomic E-state index is 0.0327. The number of hydrogen-bond acceptors (Lipinski definition) is 4. The molecule has 226 valence electrons. The summed E-state index contributed by atoms with van der Waals surface area (Å²) in [5.41, 5.74) is 6.16. The molecule has 0 N–H and O–H groups in total. The molecule has 0 saturated carbocycles. The van der Waals surface area contributed by atoms with Crippen LogP contribution in [-0.2, 0) is 0 Å². The van der Waals surface area contributed by atoms with E-state index in [-0.39, 0.29) is 10.9 Å². The van der Waals surface area contributed by atoms with Gasteiger partial charge in [0.15, 0.2) is 10.9 Å². The Bertz CT molecular complexity index is 2270.